The standard InChI is InChI=1S/C22H27N3O.C21H23Cl2N3.C21H25N3O/c1-16-6-7-20-19(13-16)18-8-11-24(3)12-9-21(18)25(20)15-22(2,26)17-5-4-10-23-14-17;1-14-3-4-15(13-24-14)7-12-26-19-9-11-25(2)10-8-16(19)20-17(22)5-6-18(23)21(20)26;1-21(25,16-6-5-11-22-14-16)15-24-19-8-4-3-7-17(19)18-9-12-23(2)13-10-20(18)24/h4-7,10,13-14,26H,8-9,11-12,15H2,1-3H3;3-6,13H,7-12H2,1-2H3;3-8,11,14,25H,9-10,12-13,15H2,1-2H3. The maximum absolute atomic E-state index is 11.2. The summed E-state index contributed by atoms with van der Waals surface area (Å²) in [4.78, 5) is 20.0. The van der Waals surface area contributed by atoms with Gasteiger partial charge in [0.25, 0.3) is 0 Å². The molecule has 12 rings (SSSR count). The number of pyridine rings is 3. The largest absolute Gasteiger partial charge is 0.384 e. The fourth-order valence-electron chi connectivity index (χ4n) is 12.0. The van der Waals surface area contributed by atoms with E-state index >= 15 is 0 Å². The Hall–Kier alpha value is -5.89. The van der Waals surface area contributed by atoms with Crippen LogP contribution < -0.4 is 0 Å². The third-order valence-electron chi connectivity index (χ3n) is 16.5. The number of hydrogen-bond donors (Lipinski definition) is 2. The van der Waals surface area contributed by atoms with E-state index in [0.29, 0.717) is 13.1 Å². The quantitative estimate of drug-likeness (QED) is 0.147. The molecule has 0 fully saturated rings. The number of benzene rings is 3. The molecule has 77 heavy (non-hydrogen) atoms. The summed E-state index contributed by atoms with van der Waals surface area (Å²) in [6.45, 7) is 16.3. The molecule has 9 heterocycles. The number of fused-ring (bicyclic) bond motifs is 9. The second-order valence-corrected chi connectivity index (χ2v) is 23.2. The van der Waals surface area contributed by atoms with Crippen molar-refractivity contribution in [3.63, 3.8) is 0 Å². The van der Waals surface area contributed by atoms with E-state index in [0.717, 1.165) is 129 Å². The van der Waals surface area contributed by atoms with E-state index in [1.165, 1.54) is 66.7 Å². The zero-order valence-electron chi connectivity index (χ0n) is 46.0. The van der Waals surface area contributed by atoms with E-state index in [2.05, 4.69) is 126 Å². The molecule has 0 radical (unpaired) electrons. The molecule has 0 aliphatic carbocycles. The first-order valence-corrected chi connectivity index (χ1v) is 28.2. The first kappa shape index (κ1) is 54.5. The fourth-order valence-corrected chi connectivity index (χ4v) is 12.6. The Morgan fingerprint density at radius 1 is 0.532 bits per heavy atom. The average Bonchev–Trinajstić information content (AvgIpc) is 3.92. The molecule has 6 aromatic heterocycles. The minimum atomic E-state index is -0.961. The Bertz CT molecular complexity index is 3490. The highest BCUT2D eigenvalue weighted by Crippen LogP contribution is 2.39. The number of aliphatic hydroxyl groups is 2. The topological polar surface area (TPSA) is 104 Å². The van der Waals surface area contributed by atoms with Crippen molar-refractivity contribution < 1.29 is 10.2 Å². The van der Waals surface area contributed by atoms with Crippen LogP contribution in [0.3, 0.4) is 0 Å². The Morgan fingerprint density at radius 2 is 1.05 bits per heavy atom. The van der Waals surface area contributed by atoms with Crippen molar-refractivity contribution in [2.24, 2.45) is 0 Å². The van der Waals surface area contributed by atoms with Crippen molar-refractivity contribution >= 4 is 55.9 Å². The molecule has 9 aromatic rings. The molecule has 0 spiro atoms. The van der Waals surface area contributed by atoms with Gasteiger partial charge in [-0.05, 0) is 145 Å². The summed E-state index contributed by atoms with van der Waals surface area (Å²) >= 11 is 13.2. The second kappa shape index (κ2) is 23.2. The lowest BCUT2D eigenvalue weighted by atomic mass is 9.97. The molecule has 3 aromatic carbocycles. The Kier molecular flexibility index (Phi) is 16.4. The van der Waals surface area contributed by atoms with Crippen molar-refractivity contribution in [1.82, 2.24) is 43.4 Å². The van der Waals surface area contributed by atoms with E-state index in [1.54, 1.807) is 24.8 Å². The summed E-state index contributed by atoms with van der Waals surface area (Å²) in [5.74, 6) is 0. The third kappa shape index (κ3) is 11.8. The summed E-state index contributed by atoms with van der Waals surface area (Å²) < 4.78 is 7.07. The molecule has 402 valence electrons. The lowest BCUT2D eigenvalue weighted by Crippen LogP contribution is -2.29. The van der Waals surface area contributed by atoms with Gasteiger partial charge in [0.1, 0.15) is 11.2 Å². The van der Waals surface area contributed by atoms with Crippen LogP contribution in [0.2, 0.25) is 10.0 Å². The van der Waals surface area contributed by atoms with E-state index in [4.69, 9.17) is 23.2 Å². The van der Waals surface area contributed by atoms with Gasteiger partial charge < -0.3 is 38.6 Å². The Morgan fingerprint density at radius 3 is 1.61 bits per heavy atom. The number of aryl methyl sites for hydroxylation is 4. The molecule has 0 saturated carbocycles. The lowest BCUT2D eigenvalue weighted by molar-refractivity contribution is 0.0380. The molecule has 11 nitrogen and oxygen atoms in total. The number of rotatable bonds is 9. The molecule has 2 atom stereocenters. The van der Waals surface area contributed by atoms with E-state index in [1.807, 2.05) is 63.4 Å². The van der Waals surface area contributed by atoms with Crippen LogP contribution in [0.4, 0.5) is 0 Å². The van der Waals surface area contributed by atoms with Gasteiger partial charge in [-0.3, -0.25) is 15.0 Å². The fraction of sp³-hybridized carbons (Fsp3) is 0.391. The molecule has 0 amide bonds. The van der Waals surface area contributed by atoms with Crippen LogP contribution in [-0.4, -0.2) is 114 Å². The number of aromatic nitrogens is 6. The predicted molar refractivity (Wildman–Crippen MR) is 316 cm³/mol. The SMILES string of the molecule is CN1CCc2c(n(CC(C)(O)c3cccnc3)c3ccccc23)CC1.Cc1ccc(CCn2c3c(c4c(Cl)ccc(Cl)c42)CCN(C)CC3)cn1.Cc1ccc2c(c1)c1c(n2CC(C)(O)c2cccnc2)CCN(C)CC1. The van der Waals surface area contributed by atoms with Gasteiger partial charge in [0.15, 0.2) is 0 Å². The van der Waals surface area contributed by atoms with Crippen molar-refractivity contribution in [1.29, 1.82) is 0 Å². The number of halogens is 2. The van der Waals surface area contributed by atoms with Crippen molar-refractivity contribution in [2.75, 3.05) is 60.4 Å². The second-order valence-electron chi connectivity index (χ2n) is 22.4. The number of nitrogens with zero attached hydrogens (tertiary/aromatic N) is 9. The van der Waals surface area contributed by atoms with Crippen LogP contribution in [-0.2, 0) is 75.8 Å². The zero-order valence-corrected chi connectivity index (χ0v) is 47.5. The first-order valence-electron chi connectivity index (χ1n) is 27.5. The van der Waals surface area contributed by atoms with Crippen LogP contribution in [0.1, 0.15) is 75.6 Å². The van der Waals surface area contributed by atoms with Crippen molar-refractivity contribution in [2.45, 2.75) is 103 Å². The normalized spacial score (nSPS) is 16.9. The summed E-state index contributed by atoms with van der Waals surface area (Å²) in [5, 5.41) is 27.8. The highest BCUT2D eigenvalue weighted by molar-refractivity contribution is 6.40. The van der Waals surface area contributed by atoms with Crippen molar-refractivity contribution in [3.8, 4) is 0 Å². The van der Waals surface area contributed by atoms with Crippen LogP contribution in [0.15, 0.2) is 122 Å². The van der Waals surface area contributed by atoms with Gasteiger partial charge in [-0.15, -0.1) is 0 Å². The van der Waals surface area contributed by atoms with Crippen LogP contribution >= 0.6 is 23.2 Å². The van der Waals surface area contributed by atoms with Crippen molar-refractivity contribution in [3.05, 3.63) is 194 Å². The molecule has 0 saturated heterocycles. The van der Waals surface area contributed by atoms with Gasteiger partial charge >= 0.3 is 0 Å². The highest BCUT2D eigenvalue weighted by Gasteiger charge is 2.31. The monoisotopic (exact) mass is 1070 g/mol. The minimum absolute atomic E-state index is 0.539. The van der Waals surface area contributed by atoms with Crippen LogP contribution in [0, 0.1) is 13.8 Å². The predicted octanol–water partition coefficient (Wildman–Crippen LogP) is 11.2. The summed E-state index contributed by atoms with van der Waals surface area (Å²) in [5.41, 5.74) is 15.3. The van der Waals surface area contributed by atoms with Gasteiger partial charge in [-0.25, -0.2) is 0 Å². The van der Waals surface area contributed by atoms with Gasteiger partial charge in [-0.1, -0.05) is 71.2 Å². The number of hydrogen-bond acceptors (Lipinski definition) is 8. The number of para-hydroxylation sites is 1. The smallest absolute Gasteiger partial charge is 0.106 e. The Labute approximate surface area is 464 Å². The van der Waals surface area contributed by atoms with Crippen LogP contribution in [0.5, 0.6) is 0 Å². The van der Waals surface area contributed by atoms with E-state index in [-0.39, 0.29) is 0 Å². The van der Waals surface area contributed by atoms with Crippen LogP contribution in [0.25, 0.3) is 32.7 Å². The highest BCUT2D eigenvalue weighted by atomic mass is 35.5. The zero-order chi connectivity index (χ0) is 54.0. The minimum Gasteiger partial charge on any atom is -0.384 e. The first-order chi connectivity index (χ1) is 37.1. The molecule has 3 aliphatic heterocycles. The van der Waals surface area contributed by atoms with Gasteiger partial charge in [0.2, 0.25) is 0 Å². The third-order valence-corrected chi connectivity index (χ3v) is 17.1. The lowest BCUT2D eigenvalue weighted by Gasteiger charge is -2.26. The molecular weight excluding hydrogens is 998 g/mol. The molecule has 2 unspecified atom stereocenters. The molecule has 2 N–H and O–H groups in total. The van der Waals surface area contributed by atoms with E-state index < -0.39 is 11.2 Å². The Balaban J connectivity index is 0.000000131. The van der Waals surface area contributed by atoms with E-state index in [9.17, 15) is 10.2 Å². The van der Waals surface area contributed by atoms with Gasteiger partial charge in [0, 0.05) is 157 Å². The molecule has 3 aliphatic rings. The molecule has 13 heteroatoms. The van der Waals surface area contributed by atoms with Gasteiger partial charge in [0.05, 0.1) is 28.7 Å². The number of likely N-dealkylation sites (N-methyl/N-ethyl adjacent to an activating group) is 3. The summed E-state index contributed by atoms with van der Waals surface area (Å²) in [6.07, 6.45) is 16.1. The molecular formula is C64H75Cl2N9O2. The average molecular weight is 1070 g/mol. The maximum Gasteiger partial charge on any atom is 0.106 e. The molecule has 0 bridgehead atoms. The summed E-state index contributed by atoms with van der Waals surface area (Å²) in [7, 11) is 6.56. The van der Waals surface area contributed by atoms with Gasteiger partial charge in [-0.2, -0.15) is 0 Å². The maximum atomic E-state index is 11.2. The summed E-state index contributed by atoms with van der Waals surface area (Å²) in [6, 6.07) is 31.0.